The molecule has 82 valence electrons. The van der Waals surface area contributed by atoms with E-state index in [1.54, 1.807) is 0 Å². The van der Waals surface area contributed by atoms with Crippen LogP contribution in [0.4, 0.5) is 0 Å². The van der Waals surface area contributed by atoms with E-state index in [1.165, 1.54) is 0 Å². The largest absolute Gasteiger partial charge is 0.390 e. The van der Waals surface area contributed by atoms with Crippen molar-refractivity contribution in [2.24, 2.45) is 0 Å². The number of aliphatic hydroxyl groups is 1. The van der Waals surface area contributed by atoms with Gasteiger partial charge in [0.2, 0.25) is 0 Å². The number of nitrogens with zero attached hydrogens (tertiary/aromatic N) is 1. The normalized spacial score (nSPS) is 43.9. The minimum atomic E-state index is -0.416. The summed E-state index contributed by atoms with van der Waals surface area (Å²) >= 11 is 0. The van der Waals surface area contributed by atoms with E-state index in [-0.39, 0.29) is 0 Å². The first-order valence-corrected chi connectivity index (χ1v) is 5.67. The molecule has 2 unspecified atom stereocenters. The van der Waals surface area contributed by atoms with Crippen LogP contribution in [0.5, 0.6) is 0 Å². The van der Waals surface area contributed by atoms with E-state index in [2.05, 4.69) is 18.9 Å². The fourth-order valence-electron chi connectivity index (χ4n) is 2.91. The highest BCUT2D eigenvalue weighted by Crippen LogP contribution is 2.35. The van der Waals surface area contributed by atoms with Crippen molar-refractivity contribution in [3.8, 4) is 0 Å². The van der Waals surface area contributed by atoms with Crippen LogP contribution in [0.1, 0.15) is 32.6 Å². The molecule has 3 nitrogen and oxygen atoms in total. The summed E-state index contributed by atoms with van der Waals surface area (Å²) in [6.07, 6.45) is 3.77. The van der Waals surface area contributed by atoms with E-state index in [9.17, 15) is 5.11 Å². The molecule has 2 bridgehead atoms. The zero-order chi connectivity index (χ0) is 10.2. The zero-order valence-corrected chi connectivity index (χ0v) is 9.20. The van der Waals surface area contributed by atoms with E-state index in [0.717, 1.165) is 38.9 Å². The average molecular weight is 199 g/mol. The summed E-state index contributed by atoms with van der Waals surface area (Å²) < 4.78 is 5.53. The Labute approximate surface area is 86.0 Å². The minimum absolute atomic E-state index is 0.416. The van der Waals surface area contributed by atoms with Crippen LogP contribution in [0.25, 0.3) is 0 Å². The topological polar surface area (TPSA) is 32.7 Å². The fraction of sp³-hybridized carbons (Fsp3) is 1.00. The average Bonchev–Trinajstić information content (AvgIpc) is 2.08. The van der Waals surface area contributed by atoms with Gasteiger partial charge in [0, 0.05) is 12.1 Å². The molecular formula is C11H21NO2. The lowest BCUT2D eigenvalue weighted by molar-refractivity contribution is -0.136. The number of rotatable bonds is 2. The third kappa shape index (κ3) is 1.81. The maximum Gasteiger partial charge on any atom is 0.0679 e. The second-order valence-electron chi connectivity index (χ2n) is 4.89. The van der Waals surface area contributed by atoms with Crippen LogP contribution in [0, 0.1) is 0 Å². The highest BCUT2D eigenvalue weighted by Gasteiger charge is 2.43. The van der Waals surface area contributed by atoms with Gasteiger partial charge in [-0.25, -0.2) is 0 Å². The molecule has 2 fully saturated rings. The molecule has 0 radical (unpaired) electrons. The third-order valence-corrected chi connectivity index (χ3v) is 3.72. The van der Waals surface area contributed by atoms with Crippen LogP contribution < -0.4 is 0 Å². The molecule has 2 aliphatic heterocycles. The van der Waals surface area contributed by atoms with Crippen LogP contribution in [0.3, 0.4) is 0 Å². The minimum Gasteiger partial charge on any atom is -0.390 e. The predicted octanol–water partition coefficient (Wildman–Crippen LogP) is 1.01. The molecule has 0 spiro atoms. The van der Waals surface area contributed by atoms with Gasteiger partial charge in [0.05, 0.1) is 18.8 Å². The molecule has 0 amide bonds. The van der Waals surface area contributed by atoms with E-state index in [0.29, 0.717) is 12.1 Å². The lowest BCUT2D eigenvalue weighted by Gasteiger charge is -2.50. The van der Waals surface area contributed by atoms with Crippen LogP contribution in [0.15, 0.2) is 0 Å². The van der Waals surface area contributed by atoms with Gasteiger partial charge in [0.1, 0.15) is 0 Å². The van der Waals surface area contributed by atoms with Crippen molar-refractivity contribution in [3.05, 3.63) is 0 Å². The molecule has 14 heavy (non-hydrogen) atoms. The number of likely N-dealkylation sites (N-methyl/N-ethyl adjacent to an activating group) is 1. The van der Waals surface area contributed by atoms with Gasteiger partial charge in [0.15, 0.2) is 0 Å². The van der Waals surface area contributed by atoms with Gasteiger partial charge in [0.25, 0.3) is 0 Å². The van der Waals surface area contributed by atoms with Gasteiger partial charge in [-0.1, -0.05) is 13.3 Å². The highest BCUT2D eigenvalue weighted by molar-refractivity contribution is 4.97. The van der Waals surface area contributed by atoms with Crippen LogP contribution >= 0.6 is 0 Å². The number of hydrogen-bond donors (Lipinski definition) is 1. The lowest BCUT2D eigenvalue weighted by atomic mass is 9.79. The molecule has 1 N–H and O–H groups in total. The van der Waals surface area contributed by atoms with Crippen molar-refractivity contribution in [2.45, 2.75) is 50.3 Å². The van der Waals surface area contributed by atoms with Crippen molar-refractivity contribution in [1.82, 2.24) is 4.90 Å². The standard InChI is InChI=1S/C11H21NO2/c1-3-4-11(13)5-9-7-14-8-10(6-11)12(9)2/h9-10,13H,3-8H2,1-2H3. The number of ether oxygens (including phenoxy) is 1. The molecule has 2 heterocycles. The predicted molar refractivity (Wildman–Crippen MR) is 55.2 cm³/mol. The van der Waals surface area contributed by atoms with Crippen LogP contribution in [-0.2, 0) is 4.74 Å². The Hall–Kier alpha value is -0.120. The molecular weight excluding hydrogens is 178 g/mol. The Morgan fingerprint density at radius 2 is 1.93 bits per heavy atom. The SMILES string of the molecule is CCCC1(O)CC2COCC(C1)N2C. The summed E-state index contributed by atoms with van der Waals surface area (Å²) in [5.74, 6) is 0. The maximum atomic E-state index is 10.4. The van der Waals surface area contributed by atoms with Crippen molar-refractivity contribution in [3.63, 3.8) is 0 Å². The first-order valence-electron chi connectivity index (χ1n) is 5.67. The van der Waals surface area contributed by atoms with Gasteiger partial charge in [-0.3, -0.25) is 4.90 Å². The number of piperidine rings is 1. The molecule has 0 saturated carbocycles. The van der Waals surface area contributed by atoms with Gasteiger partial charge < -0.3 is 9.84 Å². The smallest absolute Gasteiger partial charge is 0.0679 e. The van der Waals surface area contributed by atoms with Gasteiger partial charge in [-0.05, 0) is 26.3 Å². The molecule has 3 heteroatoms. The van der Waals surface area contributed by atoms with Crippen molar-refractivity contribution in [1.29, 1.82) is 0 Å². The molecule has 2 aliphatic rings. The van der Waals surface area contributed by atoms with Crippen molar-refractivity contribution < 1.29 is 9.84 Å². The number of morpholine rings is 1. The summed E-state index contributed by atoms with van der Waals surface area (Å²) in [5.41, 5.74) is -0.416. The summed E-state index contributed by atoms with van der Waals surface area (Å²) in [4.78, 5) is 2.38. The van der Waals surface area contributed by atoms with Crippen LogP contribution in [0.2, 0.25) is 0 Å². The van der Waals surface area contributed by atoms with E-state index >= 15 is 0 Å². The summed E-state index contributed by atoms with van der Waals surface area (Å²) in [7, 11) is 2.16. The third-order valence-electron chi connectivity index (χ3n) is 3.72. The molecule has 2 saturated heterocycles. The quantitative estimate of drug-likeness (QED) is 0.720. The zero-order valence-electron chi connectivity index (χ0n) is 9.20. The summed E-state index contributed by atoms with van der Waals surface area (Å²) in [5, 5.41) is 10.4. The van der Waals surface area contributed by atoms with Gasteiger partial charge >= 0.3 is 0 Å². The van der Waals surface area contributed by atoms with E-state index in [1.807, 2.05) is 0 Å². The first kappa shape index (κ1) is 10.4. The summed E-state index contributed by atoms with van der Waals surface area (Å²) in [6.45, 7) is 3.72. The van der Waals surface area contributed by atoms with Crippen molar-refractivity contribution >= 4 is 0 Å². The molecule has 2 atom stereocenters. The highest BCUT2D eigenvalue weighted by atomic mass is 16.5. The van der Waals surface area contributed by atoms with E-state index < -0.39 is 5.60 Å². The molecule has 2 rings (SSSR count). The molecule has 0 aromatic carbocycles. The second kappa shape index (κ2) is 3.80. The maximum absolute atomic E-state index is 10.4. The van der Waals surface area contributed by atoms with E-state index in [4.69, 9.17) is 4.74 Å². The second-order valence-corrected chi connectivity index (χ2v) is 4.89. The molecule has 0 aromatic rings. The Kier molecular flexibility index (Phi) is 2.82. The summed E-state index contributed by atoms with van der Waals surface area (Å²) in [6, 6.07) is 0.859. The number of hydrogen-bond acceptors (Lipinski definition) is 3. The van der Waals surface area contributed by atoms with Gasteiger partial charge in [-0.2, -0.15) is 0 Å². The Morgan fingerprint density at radius 1 is 1.36 bits per heavy atom. The Bertz CT molecular complexity index is 193. The Balaban J connectivity index is 2.06. The lowest BCUT2D eigenvalue weighted by Crippen LogP contribution is -2.60. The monoisotopic (exact) mass is 199 g/mol. The van der Waals surface area contributed by atoms with Crippen molar-refractivity contribution in [2.75, 3.05) is 20.3 Å². The van der Waals surface area contributed by atoms with Gasteiger partial charge in [-0.15, -0.1) is 0 Å². The fourth-order valence-corrected chi connectivity index (χ4v) is 2.91. The van der Waals surface area contributed by atoms with Crippen LogP contribution in [-0.4, -0.2) is 48.0 Å². The Morgan fingerprint density at radius 3 is 2.43 bits per heavy atom. The molecule has 0 aliphatic carbocycles. The number of fused-ring (bicyclic) bond motifs is 2. The molecule has 0 aromatic heterocycles. The first-order chi connectivity index (χ1) is 6.64.